The summed E-state index contributed by atoms with van der Waals surface area (Å²) in [5.41, 5.74) is 6.90. The fourth-order valence-corrected chi connectivity index (χ4v) is 1.26. The van der Waals surface area contributed by atoms with Crippen LogP contribution in [0.15, 0.2) is 36.5 Å². The van der Waals surface area contributed by atoms with Gasteiger partial charge in [-0.15, -0.1) is 5.10 Å². The highest BCUT2D eigenvalue weighted by Crippen LogP contribution is 2.26. The van der Waals surface area contributed by atoms with Crippen LogP contribution in [-0.2, 0) is 0 Å². The molecule has 76 valence electrons. The highest BCUT2D eigenvalue weighted by Gasteiger charge is 2.05. The van der Waals surface area contributed by atoms with Crippen LogP contribution in [0.3, 0.4) is 0 Å². The van der Waals surface area contributed by atoms with Gasteiger partial charge in [-0.1, -0.05) is 29.8 Å². The van der Waals surface area contributed by atoms with Crippen molar-refractivity contribution in [3.63, 3.8) is 0 Å². The third-order valence-electron chi connectivity index (χ3n) is 1.85. The van der Waals surface area contributed by atoms with Crippen molar-refractivity contribution in [3.8, 4) is 0 Å². The van der Waals surface area contributed by atoms with Crippen LogP contribution in [0.4, 0.5) is 17.2 Å². The van der Waals surface area contributed by atoms with Gasteiger partial charge in [-0.05, 0) is 12.1 Å². The van der Waals surface area contributed by atoms with Crippen LogP contribution in [0.1, 0.15) is 0 Å². The molecule has 0 aliphatic carbocycles. The lowest BCUT2D eigenvalue weighted by Crippen LogP contribution is -1.99. The van der Waals surface area contributed by atoms with E-state index in [2.05, 4.69) is 15.5 Å². The predicted molar refractivity (Wildman–Crippen MR) is 61.2 cm³/mol. The molecule has 1 heterocycles. The number of hydrogen-bond acceptors (Lipinski definition) is 4. The molecule has 0 aliphatic heterocycles. The zero-order valence-corrected chi connectivity index (χ0v) is 8.57. The number of nitrogens with two attached hydrogens (primary N) is 1. The average Bonchev–Trinajstić information content (AvgIpc) is 2.26. The van der Waals surface area contributed by atoms with Crippen LogP contribution in [0.2, 0.25) is 5.02 Å². The first-order valence-corrected chi connectivity index (χ1v) is 4.74. The van der Waals surface area contributed by atoms with Gasteiger partial charge in [0.15, 0.2) is 5.82 Å². The Morgan fingerprint density at radius 1 is 1.20 bits per heavy atom. The second-order valence-electron chi connectivity index (χ2n) is 2.95. The Morgan fingerprint density at radius 2 is 1.93 bits per heavy atom. The maximum absolute atomic E-state index is 5.95. The van der Waals surface area contributed by atoms with Gasteiger partial charge < -0.3 is 11.1 Å². The molecule has 15 heavy (non-hydrogen) atoms. The molecule has 0 saturated heterocycles. The van der Waals surface area contributed by atoms with Crippen molar-refractivity contribution in [1.82, 2.24) is 10.2 Å². The molecule has 0 spiro atoms. The van der Waals surface area contributed by atoms with E-state index in [1.165, 1.54) is 6.20 Å². The lowest BCUT2D eigenvalue weighted by Gasteiger charge is -2.06. The Balaban J connectivity index is 2.29. The molecule has 0 fully saturated rings. The van der Waals surface area contributed by atoms with Gasteiger partial charge in [0, 0.05) is 5.69 Å². The third-order valence-corrected chi connectivity index (χ3v) is 2.25. The van der Waals surface area contributed by atoms with E-state index in [1.807, 2.05) is 30.3 Å². The maximum atomic E-state index is 5.95. The molecule has 1 aromatic heterocycles. The minimum Gasteiger partial charge on any atom is -0.396 e. The number of nitrogens with zero attached hydrogens (tertiary/aromatic N) is 2. The first-order valence-electron chi connectivity index (χ1n) is 4.36. The van der Waals surface area contributed by atoms with E-state index in [9.17, 15) is 0 Å². The van der Waals surface area contributed by atoms with Crippen LogP contribution in [-0.4, -0.2) is 10.2 Å². The highest BCUT2D eigenvalue weighted by atomic mass is 35.5. The number of hydrogen-bond donors (Lipinski definition) is 2. The molecule has 2 rings (SSSR count). The van der Waals surface area contributed by atoms with Gasteiger partial charge in [0.05, 0.1) is 11.9 Å². The summed E-state index contributed by atoms with van der Waals surface area (Å²) in [4.78, 5) is 0. The van der Waals surface area contributed by atoms with E-state index < -0.39 is 0 Å². The molecular weight excluding hydrogens is 212 g/mol. The number of nitrogen functional groups attached to an aromatic ring is 1. The number of anilines is 3. The Bertz CT molecular complexity index is 458. The summed E-state index contributed by atoms with van der Waals surface area (Å²) in [5.74, 6) is 0.461. The van der Waals surface area contributed by atoms with E-state index in [1.54, 1.807) is 0 Å². The lowest BCUT2D eigenvalue weighted by molar-refractivity contribution is 1.04. The monoisotopic (exact) mass is 220 g/mol. The predicted octanol–water partition coefficient (Wildman–Crippen LogP) is 2.46. The van der Waals surface area contributed by atoms with Gasteiger partial charge in [0.2, 0.25) is 0 Å². The van der Waals surface area contributed by atoms with Gasteiger partial charge in [0.1, 0.15) is 5.02 Å². The second kappa shape index (κ2) is 4.14. The van der Waals surface area contributed by atoms with Gasteiger partial charge in [-0.3, -0.25) is 0 Å². The van der Waals surface area contributed by atoms with Crippen molar-refractivity contribution in [2.45, 2.75) is 0 Å². The molecule has 0 radical (unpaired) electrons. The summed E-state index contributed by atoms with van der Waals surface area (Å²) in [5, 5.41) is 11.0. The zero-order chi connectivity index (χ0) is 10.7. The van der Waals surface area contributed by atoms with Gasteiger partial charge >= 0.3 is 0 Å². The Labute approximate surface area is 92.1 Å². The molecule has 0 atom stereocenters. The molecule has 0 saturated carbocycles. The number of aromatic nitrogens is 2. The third kappa shape index (κ3) is 2.16. The second-order valence-corrected chi connectivity index (χ2v) is 3.33. The van der Waals surface area contributed by atoms with E-state index in [4.69, 9.17) is 17.3 Å². The van der Waals surface area contributed by atoms with E-state index >= 15 is 0 Å². The van der Waals surface area contributed by atoms with E-state index in [-0.39, 0.29) is 0 Å². The van der Waals surface area contributed by atoms with Crippen molar-refractivity contribution < 1.29 is 0 Å². The van der Waals surface area contributed by atoms with Crippen LogP contribution in [0.5, 0.6) is 0 Å². The maximum Gasteiger partial charge on any atom is 0.174 e. The SMILES string of the molecule is Nc1cnnc(Nc2ccccc2)c1Cl. The number of benzene rings is 1. The molecule has 1 aromatic carbocycles. The first kappa shape index (κ1) is 9.73. The smallest absolute Gasteiger partial charge is 0.174 e. The Kier molecular flexibility index (Phi) is 2.69. The molecule has 0 bridgehead atoms. The van der Waals surface area contributed by atoms with Gasteiger partial charge in [-0.25, -0.2) is 0 Å². The lowest BCUT2D eigenvalue weighted by atomic mass is 10.3. The van der Waals surface area contributed by atoms with E-state index in [0.29, 0.717) is 16.5 Å². The summed E-state index contributed by atoms with van der Waals surface area (Å²) in [6.45, 7) is 0. The Morgan fingerprint density at radius 3 is 2.67 bits per heavy atom. The number of para-hydroxylation sites is 1. The molecular formula is C10H9ClN4. The van der Waals surface area contributed by atoms with E-state index in [0.717, 1.165) is 5.69 Å². The fraction of sp³-hybridized carbons (Fsp3) is 0. The fourth-order valence-electron chi connectivity index (χ4n) is 1.12. The average molecular weight is 221 g/mol. The summed E-state index contributed by atoms with van der Waals surface area (Å²) in [6, 6.07) is 9.56. The molecule has 0 aliphatic rings. The van der Waals surface area contributed by atoms with Crippen molar-refractivity contribution >= 4 is 28.8 Å². The van der Waals surface area contributed by atoms with Gasteiger partial charge in [-0.2, -0.15) is 5.10 Å². The van der Waals surface area contributed by atoms with Crippen LogP contribution < -0.4 is 11.1 Å². The molecule has 3 N–H and O–H groups in total. The molecule has 5 heteroatoms. The van der Waals surface area contributed by atoms with Crippen LogP contribution >= 0.6 is 11.6 Å². The molecule has 0 amide bonds. The van der Waals surface area contributed by atoms with Gasteiger partial charge in [0.25, 0.3) is 0 Å². The van der Waals surface area contributed by atoms with Crippen molar-refractivity contribution in [2.75, 3.05) is 11.1 Å². The molecule has 0 unspecified atom stereocenters. The summed E-state index contributed by atoms with van der Waals surface area (Å²) >= 11 is 5.95. The summed E-state index contributed by atoms with van der Waals surface area (Å²) in [6.07, 6.45) is 1.42. The van der Waals surface area contributed by atoms with Crippen LogP contribution in [0.25, 0.3) is 0 Å². The van der Waals surface area contributed by atoms with Crippen molar-refractivity contribution in [1.29, 1.82) is 0 Å². The summed E-state index contributed by atoms with van der Waals surface area (Å²) in [7, 11) is 0. The minimum absolute atomic E-state index is 0.383. The van der Waals surface area contributed by atoms with Crippen molar-refractivity contribution in [3.05, 3.63) is 41.6 Å². The first-order chi connectivity index (χ1) is 7.27. The number of halogens is 1. The minimum atomic E-state index is 0.383. The Hall–Kier alpha value is -1.81. The topological polar surface area (TPSA) is 63.8 Å². The number of nitrogens with one attached hydrogen (secondary N) is 1. The molecule has 4 nitrogen and oxygen atoms in total. The largest absolute Gasteiger partial charge is 0.396 e. The molecule has 2 aromatic rings. The quantitative estimate of drug-likeness (QED) is 0.816. The highest BCUT2D eigenvalue weighted by molar-refractivity contribution is 6.35. The standard InChI is InChI=1S/C10H9ClN4/c11-9-8(12)6-13-15-10(9)14-7-4-2-1-3-5-7/h1-6H,(H3,12,14,15). The summed E-state index contributed by atoms with van der Waals surface area (Å²) < 4.78 is 0. The normalized spacial score (nSPS) is 9.93. The zero-order valence-electron chi connectivity index (χ0n) is 7.81. The number of rotatable bonds is 2. The van der Waals surface area contributed by atoms with Crippen LogP contribution in [0, 0.1) is 0 Å². The van der Waals surface area contributed by atoms with Crippen molar-refractivity contribution in [2.24, 2.45) is 0 Å².